The van der Waals surface area contributed by atoms with Gasteiger partial charge in [0.05, 0.1) is 13.5 Å². The first kappa shape index (κ1) is 18.9. The van der Waals surface area contributed by atoms with Crippen molar-refractivity contribution in [3.63, 3.8) is 0 Å². The highest BCUT2D eigenvalue weighted by Gasteiger charge is 2.12. The van der Waals surface area contributed by atoms with E-state index in [1.54, 1.807) is 25.3 Å². The number of esters is 1. The van der Waals surface area contributed by atoms with Crippen molar-refractivity contribution in [1.29, 1.82) is 0 Å². The number of ether oxygens (including phenoxy) is 2. The Hall–Kier alpha value is -2.87. The number of carbonyl (C=O) groups is 1. The Morgan fingerprint density at radius 2 is 2.04 bits per heavy atom. The molecule has 8 heteroatoms. The van der Waals surface area contributed by atoms with E-state index in [4.69, 9.17) is 14.0 Å². The Kier molecular flexibility index (Phi) is 6.43. The van der Waals surface area contributed by atoms with Gasteiger partial charge in [-0.25, -0.2) is 4.39 Å². The molecule has 1 aromatic heterocycles. The third kappa shape index (κ3) is 5.55. The molecule has 0 bridgehead atoms. The number of hydrogen-bond donors (Lipinski definition) is 0. The summed E-state index contributed by atoms with van der Waals surface area (Å²) in [5.41, 5.74) is 0.742. The van der Waals surface area contributed by atoms with Gasteiger partial charge in [0.25, 0.3) is 5.89 Å². The lowest BCUT2D eigenvalue weighted by atomic mass is 10.2. The van der Waals surface area contributed by atoms with Crippen molar-refractivity contribution in [2.45, 2.75) is 17.9 Å². The summed E-state index contributed by atoms with van der Waals surface area (Å²) in [6, 6.07) is 13.4. The molecule has 1 heterocycles. The Bertz CT molecular complexity index is 899. The molecule has 6 nitrogen and oxygen atoms in total. The normalized spacial score (nSPS) is 10.6. The van der Waals surface area contributed by atoms with Gasteiger partial charge in [0.2, 0.25) is 5.82 Å². The summed E-state index contributed by atoms with van der Waals surface area (Å²) in [7, 11) is 1.58. The average Bonchev–Trinajstić information content (AvgIpc) is 3.17. The quantitative estimate of drug-likeness (QED) is 0.425. The van der Waals surface area contributed by atoms with E-state index in [0.717, 1.165) is 10.5 Å². The van der Waals surface area contributed by atoms with E-state index in [2.05, 4.69) is 10.1 Å². The smallest absolute Gasteiger partial charge is 0.307 e. The first-order valence-electron chi connectivity index (χ1n) is 8.15. The first-order chi connectivity index (χ1) is 13.1. The summed E-state index contributed by atoms with van der Waals surface area (Å²) < 4.78 is 28.3. The second-order valence-corrected chi connectivity index (χ2v) is 6.63. The molecule has 0 N–H and O–H groups in total. The van der Waals surface area contributed by atoms with Crippen molar-refractivity contribution in [3.05, 3.63) is 60.2 Å². The van der Waals surface area contributed by atoms with E-state index >= 15 is 0 Å². The van der Waals surface area contributed by atoms with Crippen LogP contribution in [-0.2, 0) is 16.1 Å². The molecule has 3 rings (SSSR count). The molecule has 0 radical (unpaired) electrons. The number of nitrogens with zero attached hydrogens (tertiary/aromatic N) is 2. The molecule has 0 saturated heterocycles. The molecule has 0 amide bonds. The van der Waals surface area contributed by atoms with E-state index in [1.807, 2.05) is 18.2 Å². The van der Waals surface area contributed by atoms with Crippen LogP contribution in [0.3, 0.4) is 0 Å². The van der Waals surface area contributed by atoms with Crippen LogP contribution in [0.4, 0.5) is 4.39 Å². The standard InChI is InChI=1S/C19H17FN2O4S/c1-24-15-4-2-3-13(11-15)19-21-17(26-22-19)12-25-18(23)9-10-27-16-7-5-14(20)6-8-16/h2-8,11H,9-10,12H2,1H3. The van der Waals surface area contributed by atoms with Gasteiger partial charge in [0, 0.05) is 16.2 Å². The molecule has 0 aliphatic carbocycles. The Balaban J connectivity index is 1.45. The predicted molar refractivity (Wildman–Crippen MR) is 97.8 cm³/mol. The second kappa shape index (κ2) is 9.18. The van der Waals surface area contributed by atoms with Crippen molar-refractivity contribution in [3.8, 4) is 17.1 Å². The number of benzene rings is 2. The fraction of sp³-hybridized carbons (Fsp3) is 0.211. The van der Waals surface area contributed by atoms with Crippen LogP contribution >= 0.6 is 11.8 Å². The lowest BCUT2D eigenvalue weighted by Gasteiger charge is -2.02. The third-order valence-corrected chi connectivity index (χ3v) is 4.55. The fourth-order valence-electron chi connectivity index (χ4n) is 2.19. The lowest BCUT2D eigenvalue weighted by Crippen LogP contribution is -2.05. The van der Waals surface area contributed by atoms with Crippen molar-refractivity contribution in [2.75, 3.05) is 12.9 Å². The van der Waals surface area contributed by atoms with E-state index in [-0.39, 0.29) is 30.7 Å². The van der Waals surface area contributed by atoms with Gasteiger partial charge in [0.1, 0.15) is 11.6 Å². The van der Waals surface area contributed by atoms with Gasteiger partial charge in [-0.3, -0.25) is 4.79 Å². The zero-order valence-electron chi connectivity index (χ0n) is 14.6. The highest BCUT2D eigenvalue weighted by Crippen LogP contribution is 2.22. The number of hydrogen-bond acceptors (Lipinski definition) is 7. The average molecular weight is 388 g/mol. The molecule has 3 aromatic rings. The maximum atomic E-state index is 12.8. The van der Waals surface area contributed by atoms with Crippen LogP contribution in [0.15, 0.2) is 57.9 Å². The highest BCUT2D eigenvalue weighted by atomic mass is 32.2. The summed E-state index contributed by atoms with van der Waals surface area (Å²) in [5, 5.41) is 3.88. The van der Waals surface area contributed by atoms with E-state index < -0.39 is 0 Å². The molecular weight excluding hydrogens is 371 g/mol. The molecule has 140 valence electrons. The second-order valence-electron chi connectivity index (χ2n) is 5.46. The number of rotatable bonds is 8. The van der Waals surface area contributed by atoms with Crippen LogP contribution in [0.25, 0.3) is 11.4 Å². The summed E-state index contributed by atoms with van der Waals surface area (Å²) in [5.74, 6) is 1.17. The maximum Gasteiger partial charge on any atom is 0.307 e. The van der Waals surface area contributed by atoms with Gasteiger partial charge < -0.3 is 14.0 Å². The number of methoxy groups -OCH3 is 1. The van der Waals surface area contributed by atoms with Crippen LogP contribution in [-0.4, -0.2) is 29.0 Å². The molecule has 0 aliphatic rings. The molecule has 0 saturated carbocycles. The molecule has 0 spiro atoms. The SMILES string of the molecule is COc1cccc(-c2noc(COC(=O)CCSc3ccc(F)cc3)n2)c1. The minimum absolute atomic E-state index is 0.0863. The Morgan fingerprint density at radius 3 is 2.81 bits per heavy atom. The van der Waals surface area contributed by atoms with Gasteiger partial charge in [-0.1, -0.05) is 17.3 Å². The Morgan fingerprint density at radius 1 is 1.22 bits per heavy atom. The zero-order chi connectivity index (χ0) is 19.1. The summed E-state index contributed by atoms with van der Waals surface area (Å²) in [4.78, 5) is 16.9. The zero-order valence-corrected chi connectivity index (χ0v) is 15.4. The molecular formula is C19H17FN2O4S. The topological polar surface area (TPSA) is 74.5 Å². The van der Waals surface area contributed by atoms with E-state index in [9.17, 15) is 9.18 Å². The van der Waals surface area contributed by atoms with Crippen molar-refractivity contribution in [1.82, 2.24) is 10.1 Å². The fourth-order valence-corrected chi connectivity index (χ4v) is 3.02. The van der Waals surface area contributed by atoms with Gasteiger partial charge in [-0.05, 0) is 36.4 Å². The number of halogens is 1. The highest BCUT2D eigenvalue weighted by molar-refractivity contribution is 7.99. The van der Waals surface area contributed by atoms with Gasteiger partial charge in [-0.2, -0.15) is 4.98 Å². The van der Waals surface area contributed by atoms with Gasteiger partial charge in [-0.15, -0.1) is 11.8 Å². The van der Waals surface area contributed by atoms with E-state index in [0.29, 0.717) is 17.3 Å². The number of aromatic nitrogens is 2. The molecule has 0 atom stereocenters. The lowest BCUT2D eigenvalue weighted by molar-refractivity contribution is -0.145. The minimum atomic E-state index is -0.370. The van der Waals surface area contributed by atoms with E-state index in [1.165, 1.54) is 23.9 Å². The molecule has 0 aliphatic heterocycles. The van der Waals surface area contributed by atoms with Crippen LogP contribution in [0.1, 0.15) is 12.3 Å². The monoisotopic (exact) mass is 388 g/mol. The molecule has 0 fully saturated rings. The predicted octanol–water partition coefficient (Wildman–Crippen LogP) is 4.11. The van der Waals surface area contributed by atoms with Crippen LogP contribution < -0.4 is 4.74 Å². The molecule has 2 aromatic carbocycles. The van der Waals surface area contributed by atoms with Crippen LogP contribution in [0.5, 0.6) is 5.75 Å². The van der Waals surface area contributed by atoms with Crippen LogP contribution in [0.2, 0.25) is 0 Å². The third-order valence-electron chi connectivity index (χ3n) is 3.54. The largest absolute Gasteiger partial charge is 0.497 e. The number of thioether (sulfide) groups is 1. The maximum absolute atomic E-state index is 12.8. The summed E-state index contributed by atoms with van der Waals surface area (Å²) in [6.45, 7) is -0.0863. The van der Waals surface area contributed by atoms with Crippen LogP contribution in [0, 0.1) is 5.82 Å². The van der Waals surface area contributed by atoms with Gasteiger partial charge in [0.15, 0.2) is 6.61 Å². The first-order valence-corrected chi connectivity index (χ1v) is 9.13. The Labute approximate surface area is 159 Å². The van der Waals surface area contributed by atoms with Crippen molar-refractivity contribution in [2.24, 2.45) is 0 Å². The summed E-state index contributed by atoms with van der Waals surface area (Å²) in [6.07, 6.45) is 0.221. The van der Waals surface area contributed by atoms with Crippen molar-refractivity contribution < 1.29 is 23.2 Å². The molecule has 0 unspecified atom stereocenters. The number of carbonyl (C=O) groups excluding carboxylic acids is 1. The van der Waals surface area contributed by atoms with Crippen molar-refractivity contribution >= 4 is 17.7 Å². The summed E-state index contributed by atoms with van der Waals surface area (Å²) >= 11 is 1.45. The minimum Gasteiger partial charge on any atom is -0.497 e. The molecule has 27 heavy (non-hydrogen) atoms. The van der Waals surface area contributed by atoms with Gasteiger partial charge >= 0.3 is 5.97 Å².